The predicted octanol–water partition coefficient (Wildman–Crippen LogP) is 1.77. The molecule has 2 heterocycles. The number of nitrogens with zero attached hydrogens (tertiary/aromatic N) is 2. The number of ether oxygens (including phenoxy) is 1. The maximum atomic E-state index is 12.8. The van der Waals surface area contributed by atoms with Crippen LogP contribution in [0.2, 0.25) is 0 Å². The Bertz CT molecular complexity index is 3160. The van der Waals surface area contributed by atoms with E-state index >= 15 is 0 Å². The van der Waals surface area contributed by atoms with Crippen LogP contribution in [0, 0.1) is 0 Å². The highest BCUT2D eigenvalue weighted by Crippen LogP contribution is 2.51. The second-order valence-corrected chi connectivity index (χ2v) is 23.7. The Kier molecular flexibility index (Phi) is 13.2. The molecule has 28 heteroatoms. The van der Waals surface area contributed by atoms with Crippen LogP contribution in [0.25, 0.3) is 10.8 Å². The van der Waals surface area contributed by atoms with Gasteiger partial charge in [-0.05, 0) is 73.7 Å². The normalized spacial score (nSPS) is 20.6. The summed E-state index contributed by atoms with van der Waals surface area (Å²) >= 11 is 0. The summed E-state index contributed by atoms with van der Waals surface area (Å²) in [6.07, 6.45) is 3.12. The molecular formula is C34H39N2O20S6+. The molecule has 0 aromatic heterocycles. The molecule has 22 nitrogen and oxygen atoms in total. The molecule has 0 saturated heterocycles. The van der Waals surface area contributed by atoms with E-state index in [2.05, 4.69) is 0 Å². The van der Waals surface area contributed by atoms with E-state index in [0.29, 0.717) is 6.07 Å². The molecule has 3 aromatic rings. The van der Waals surface area contributed by atoms with Crippen LogP contribution in [-0.4, -0.2) is 131 Å². The van der Waals surface area contributed by atoms with Crippen LogP contribution in [-0.2, 0) is 76.3 Å². The van der Waals surface area contributed by atoms with E-state index in [1.165, 1.54) is 65.8 Å². The van der Waals surface area contributed by atoms with E-state index in [1.54, 1.807) is 0 Å². The smallest absolute Gasteiger partial charge is 0.298 e. The van der Waals surface area contributed by atoms with Gasteiger partial charge >= 0.3 is 0 Å². The third kappa shape index (κ3) is 10.8. The zero-order valence-corrected chi connectivity index (χ0v) is 37.1. The van der Waals surface area contributed by atoms with Gasteiger partial charge < -0.3 is 9.64 Å². The van der Waals surface area contributed by atoms with Crippen molar-refractivity contribution >= 4 is 95.0 Å². The fourth-order valence-electron chi connectivity index (χ4n) is 8.07. The molecule has 0 bridgehead atoms. The molecule has 2 atom stereocenters. The van der Waals surface area contributed by atoms with E-state index in [1.807, 2.05) is 0 Å². The van der Waals surface area contributed by atoms with Crippen molar-refractivity contribution in [2.24, 2.45) is 0 Å². The van der Waals surface area contributed by atoms with Gasteiger partial charge in [0.2, 0.25) is 5.69 Å². The molecule has 5 rings (SSSR count). The van der Waals surface area contributed by atoms with E-state index in [0.717, 1.165) is 12.1 Å². The minimum atomic E-state index is -5.27. The molecule has 2 unspecified atom stereocenters. The fourth-order valence-corrected chi connectivity index (χ4v) is 12.5. The summed E-state index contributed by atoms with van der Waals surface area (Å²) < 4.78 is 213. The fraction of sp³-hybridized carbons (Fsp3) is 0.353. The van der Waals surface area contributed by atoms with Crippen molar-refractivity contribution in [1.82, 2.24) is 0 Å². The van der Waals surface area contributed by atoms with Crippen LogP contribution in [0.15, 0.2) is 76.2 Å². The number of allylic oxidation sites excluding steroid dienone is 4. The highest BCUT2D eigenvalue weighted by Gasteiger charge is 2.52. The SMILES string of the molecule is CC1(CS(=O)(=O)O)C(/C=C/C=C2/N(CCCS(=O)(=O)O)c3ccc(OC=O)cc3C2(C)CS(=O)(=O)O)=[N+](CCCS(=O)(=O)O)c2ccc3c(S(=O)(=O)O)cc(S(=O)(=O)O)cc3c21. The molecule has 6 N–H and O–H groups in total. The van der Waals surface area contributed by atoms with Gasteiger partial charge in [0, 0.05) is 47.4 Å². The standard InChI is InChI=1S/C34H38N2O20S6/c1-33(19-59(44,45)46)26-16-22(56-21-37)8-10-27(26)35(12-4-14-57(38,39)40)30(33)6-3-7-31-34(2,20-60(47,48)49)32-25-17-23(61(50,51)52)18-29(62(53,54)55)24(25)9-11-28(32)36(31)13-5-15-58(41,42)43/h3,6-11,16-18,21H,4-5,12-15,19-20H2,1-2H3,(H5-,38,39,40,41,42,43,44,45,46,47,48,49,50,51,52,53,54,55)/p+1. The first kappa shape index (κ1) is 48.8. The highest BCUT2D eigenvalue weighted by molar-refractivity contribution is 7.87. The van der Waals surface area contributed by atoms with Gasteiger partial charge in [-0.1, -0.05) is 6.08 Å². The molecular weight excluding hydrogens is 949 g/mol. The second-order valence-electron chi connectivity index (χ2n) is 14.8. The zero-order chi connectivity index (χ0) is 46.6. The summed E-state index contributed by atoms with van der Waals surface area (Å²) in [6.45, 7) is 2.11. The first-order valence-corrected chi connectivity index (χ1v) is 26.9. The maximum Gasteiger partial charge on any atom is 0.298 e. The van der Waals surface area contributed by atoms with E-state index in [9.17, 15) is 82.6 Å². The van der Waals surface area contributed by atoms with E-state index in [4.69, 9.17) is 4.74 Å². The minimum absolute atomic E-state index is 0.0286. The molecule has 0 aliphatic carbocycles. The largest absolute Gasteiger partial charge is 0.429 e. The van der Waals surface area contributed by atoms with Crippen LogP contribution in [0.1, 0.15) is 37.8 Å². The molecule has 2 aliphatic heterocycles. The van der Waals surface area contributed by atoms with Gasteiger partial charge in [-0.3, -0.25) is 32.1 Å². The summed E-state index contributed by atoms with van der Waals surface area (Å²) in [6, 6.07) is 7.60. The van der Waals surface area contributed by atoms with Crippen LogP contribution in [0.5, 0.6) is 5.75 Å². The van der Waals surface area contributed by atoms with Crippen molar-refractivity contribution in [3.63, 3.8) is 0 Å². The molecule has 340 valence electrons. The molecule has 3 aromatic carbocycles. The van der Waals surface area contributed by atoms with Crippen molar-refractivity contribution < 1.29 is 91.9 Å². The van der Waals surface area contributed by atoms with Crippen LogP contribution < -0.4 is 9.64 Å². The number of carbonyl (C=O) groups excluding carboxylic acids is 1. The van der Waals surface area contributed by atoms with Crippen molar-refractivity contribution in [2.45, 2.75) is 47.3 Å². The summed E-state index contributed by atoms with van der Waals surface area (Å²) in [5, 5.41) is -0.753. The van der Waals surface area contributed by atoms with Gasteiger partial charge in [-0.2, -0.15) is 55.1 Å². The number of rotatable bonds is 18. The zero-order valence-electron chi connectivity index (χ0n) is 32.3. The lowest BCUT2D eigenvalue weighted by Gasteiger charge is -2.29. The Morgan fingerprint density at radius 3 is 1.84 bits per heavy atom. The minimum Gasteiger partial charge on any atom is -0.429 e. The average Bonchev–Trinajstić information content (AvgIpc) is 3.44. The van der Waals surface area contributed by atoms with Gasteiger partial charge in [0.1, 0.15) is 22.6 Å². The summed E-state index contributed by atoms with van der Waals surface area (Å²) in [7, 11) is -29.6. The first-order valence-electron chi connectivity index (χ1n) is 17.6. The Morgan fingerprint density at radius 2 is 1.29 bits per heavy atom. The van der Waals surface area contributed by atoms with Crippen molar-refractivity contribution in [2.75, 3.05) is 41.0 Å². The Hall–Kier alpha value is -4.20. The topological polar surface area (TPSA) is 359 Å². The molecule has 2 aliphatic rings. The van der Waals surface area contributed by atoms with E-state index in [-0.39, 0.29) is 82.8 Å². The number of hydrogen-bond acceptors (Lipinski definition) is 15. The number of anilines is 1. The van der Waals surface area contributed by atoms with Gasteiger partial charge in [-0.25, -0.2) is 0 Å². The number of benzene rings is 3. The van der Waals surface area contributed by atoms with Gasteiger partial charge in [-0.15, -0.1) is 0 Å². The first-order chi connectivity index (χ1) is 28.2. The quantitative estimate of drug-likeness (QED) is 0.0601. The van der Waals surface area contributed by atoms with Crippen LogP contribution in [0.4, 0.5) is 11.4 Å². The van der Waals surface area contributed by atoms with Gasteiger partial charge in [0.05, 0.1) is 33.3 Å². The van der Waals surface area contributed by atoms with Crippen molar-refractivity contribution in [3.8, 4) is 5.75 Å². The third-order valence-electron chi connectivity index (χ3n) is 10.2. The summed E-state index contributed by atoms with van der Waals surface area (Å²) in [5.74, 6) is -3.91. The molecule has 0 saturated carbocycles. The Morgan fingerprint density at radius 1 is 0.694 bits per heavy atom. The highest BCUT2D eigenvalue weighted by atomic mass is 32.2. The third-order valence-corrected chi connectivity index (χ3v) is 15.5. The Labute approximate surface area is 356 Å². The lowest BCUT2D eigenvalue weighted by molar-refractivity contribution is -0.437. The monoisotopic (exact) mass is 987 g/mol. The van der Waals surface area contributed by atoms with Gasteiger partial charge in [0.15, 0.2) is 5.71 Å². The Balaban J connectivity index is 1.85. The van der Waals surface area contributed by atoms with E-state index < -0.39 is 104 Å². The maximum absolute atomic E-state index is 12.8. The lowest BCUT2D eigenvalue weighted by Crippen LogP contribution is -2.38. The summed E-state index contributed by atoms with van der Waals surface area (Å²) in [4.78, 5) is 10.6. The average molecular weight is 988 g/mol. The number of hydrogen-bond donors (Lipinski definition) is 6. The molecule has 0 fully saturated rings. The van der Waals surface area contributed by atoms with Crippen LogP contribution in [0.3, 0.4) is 0 Å². The summed E-state index contributed by atoms with van der Waals surface area (Å²) in [5.41, 5.74) is -3.74. The number of carbonyl (C=O) groups is 1. The molecule has 0 spiro atoms. The second kappa shape index (κ2) is 16.7. The molecule has 62 heavy (non-hydrogen) atoms. The predicted molar refractivity (Wildman–Crippen MR) is 221 cm³/mol. The molecule has 0 amide bonds. The lowest BCUT2D eigenvalue weighted by atomic mass is 9.78. The van der Waals surface area contributed by atoms with Crippen molar-refractivity contribution in [3.05, 3.63) is 77.5 Å². The number of fused-ring (bicyclic) bond motifs is 4. The van der Waals surface area contributed by atoms with Crippen LogP contribution >= 0.6 is 0 Å². The van der Waals surface area contributed by atoms with Crippen molar-refractivity contribution in [1.29, 1.82) is 0 Å². The molecule has 0 radical (unpaired) electrons. The van der Waals surface area contributed by atoms with Gasteiger partial charge in [0.25, 0.3) is 67.2 Å².